The number of halogens is 2. The summed E-state index contributed by atoms with van der Waals surface area (Å²) in [5, 5.41) is 7.66. The van der Waals surface area contributed by atoms with Gasteiger partial charge in [-0.1, -0.05) is 6.92 Å². The molecule has 0 aliphatic heterocycles. The Morgan fingerprint density at radius 1 is 1.30 bits per heavy atom. The highest BCUT2D eigenvalue weighted by atomic mass is 19.3. The molecule has 108 valence electrons. The molecule has 0 amide bonds. The SMILES string of the molecule is CCNCc1cn(C)nc1-c1ccc(OC(F)F)cc1. The van der Waals surface area contributed by atoms with Crippen LogP contribution in [0, 0.1) is 0 Å². The van der Waals surface area contributed by atoms with E-state index in [0.29, 0.717) is 0 Å². The van der Waals surface area contributed by atoms with Crippen LogP contribution in [-0.4, -0.2) is 22.9 Å². The Morgan fingerprint density at radius 2 is 2.00 bits per heavy atom. The predicted octanol–water partition coefficient (Wildman–Crippen LogP) is 2.80. The Bertz CT molecular complexity index is 552. The molecule has 2 aromatic rings. The van der Waals surface area contributed by atoms with Crippen LogP contribution < -0.4 is 10.1 Å². The number of aryl methyl sites for hydroxylation is 1. The Hall–Kier alpha value is -1.95. The Labute approximate surface area is 116 Å². The zero-order valence-corrected chi connectivity index (χ0v) is 11.4. The van der Waals surface area contributed by atoms with Crippen molar-refractivity contribution in [1.29, 1.82) is 0 Å². The van der Waals surface area contributed by atoms with Crippen LogP contribution >= 0.6 is 0 Å². The van der Waals surface area contributed by atoms with E-state index in [2.05, 4.69) is 15.2 Å². The molecule has 1 N–H and O–H groups in total. The molecule has 20 heavy (non-hydrogen) atoms. The van der Waals surface area contributed by atoms with Crippen molar-refractivity contribution in [3.63, 3.8) is 0 Å². The molecule has 1 heterocycles. The highest BCUT2D eigenvalue weighted by Gasteiger charge is 2.10. The summed E-state index contributed by atoms with van der Waals surface area (Å²) in [4.78, 5) is 0. The zero-order valence-electron chi connectivity index (χ0n) is 11.4. The van der Waals surface area contributed by atoms with Crippen molar-refractivity contribution >= 4 is 0 Å². The number of aromatic nitrogens is 2. The van der Waals surface area contributed by atoms with E-state index in [1.165, 1.54) is 12.1 Å². The second-order valence-electron chi connectivity index (χ2n) is 4.36. The van der Waals surface area contributed by atoms with Gasteiger partial charge in [-0.05, 0) is 30.8 Å². The van der Waals surface area contributed by atoms with Gasteiger partial charge in [0, 0.05) is 30.9 Å². The van der Waals surface area contributed by atoms with E-state index in [4.69, 9.17) is 0 Å². The van der Waals surface area contributed by atoms with E-state index >= 15 is 0 Å². The highest BCUT2D eigenvalue weighted by Crippen LogP contribution is 2.25. The van der Waals surface area contributed by atoms with Gasteiger partial charge in [-0.25, -0.2) is 0 Å². The molecule has 0 bridgehead atoms. The van der Waals surface area contributed by atoms with Crippen molar-refractivity contribution in [2.75, 3.05) is 6.54 Å². The first-order valence-electron chi connectivity index (χ1n) is 6.38. The van der Waals surface area contributed by atoms with Gasteiger partial charge < -0.3 is 10.1 Å². The van der Waals surface area contributed by atoms with Gasteiger partial charge in [0.2, 0.25) is 0 Å². The van der Waals surface area contributed by atoms with Crippen molar-refractivity contribution in [3.05, 3.63) is 36.0 Å². The van der Waals surface area contributed by atoms with Crippen molar-refractivity contribution in [1.82, 2.24) is 15.1 Å². The van der Waals surface area contributed by atoms with Gasteiger partial charge in [-0.3, -0.25) is 4.68 Å². The minimum Gasteiger partial charge on any atom is -0.435 e. The first kappa shape index (κ1) is 14.5. The molecule has 6 heteroatoms. The van der Waals surface area contributed by atoms with E-state index in [9.17, 15) is 8.78 Å². The summed E-state index contributed by atoms with van der Waals surface area (Å²) in [5.41, 5.74) is 2.79. The van der Waals surface area contributed by atoms with Crippen LogP contribution in [0.4, 0.5) is 8.78 Å². The fraction of sp³-hybridized carbons (Fsp3) is 0.357. The van der Waals surface area contributed by atoms with Crippen molar-refractivity contribution in [2.45, 2.75) is 20.1 Å². The third kappa shape index (κ3) is 3.54. The van der Waals surface area contributed by atoms with Crippen LogP contribution in [0.5, 0.6) is 5.75 Å². The number of ether oxygens (including phenoxy) is 1. The summed E-state index contributed by atoms with van der Waals surface area (Å²) in [5.74, 6) is 0.146. The molecule has 0 fully saturated rings. The lowest BCUT2D eigenvalue weighted by Crippen LogP contribution is -2.11. The standard InChI is InChI=1S/C14H17F2N3O/c1-3-17-8-11-9-19(2)18-13(11)10-4-6-12(7-5-10)20-14(15)16/h4-7,9,14,17H,3,8H2,1-2H3. The maximum Gasteiger partial charge on any atom is 0.387 e. The van der Waals surface area contributed by atoms with Crippen LogP contribution in [0.2, 0.25) is 0 Å². The van der Waals surface area contributed by atoms with Crippen LogP contribution in [0.3, 0.4) is 0 Å². The fourth-order valence-electron chi connectivity index (χ4n) is 1.96. The molecule has 2 rings (SSSR count). The minimum atomic E-state index is -2.81. The Morgan fingerprint density at radius 3 is 2.60 bits per heavy atom. The summed E-state index contributed by atoms with van der Waals surface area (Å²) in [7, 11) is 1.85. The van der Waals surface area contributed by atoms with Crippen LogP contribution in [-0.2, 0) is 13.6 Å². The topological polar surface area (TPSA) is 39.1 Å². The number of rotatable bonds is 6. The molecule has 0 atom stereocenters. The zero-order chi connectivity index (χ0) is 14.5. The lowest BCUT2D eigenvalue weighted by molar-refractivity contribution is -0.0498. The molecule has 0 saturated carbocycles. The second-order valence-corrected chi connectivity index (χ2v) is 4.36. The summed E-state index contributed by atoms with van der Waals surface area (Å²) in [6, 6.07) is 6.51. The number of alkyl halides is 2. The maximum absolute atomic E-state index is 12.1. The van der Waals surface area contributed by atoms with Crippen molar-refractivity contribution in [2.24, 2.45) is 7.05 Å². The molecule has 0 unspecified atom stereocenters. The van der Waals surface area contributed by atoms with Gasteiger partial charge in [-0.15, -0.1) is 0 Å². The third-order valence-electron chi connectivity index (χ3n) is 2.82. The van der Waals surface area contributed by atoms with Gasteiger partial charge in [0.05, 0.1) is 5.69 Å². The smallest absolute Gasteiger partial charge is 0.387 e. The van der Waals surface area contributed by atoms with E-state index in [-0.39, 0.29) is 5.75 Å². The monoisotopic (exact) mass is 281 g/mol. The van der Waals surface area contributed by atoms with E-state index in [1.54, 1.807) is 16.8 Å². The predicted molar refractivity (Wildman–Crippen MR) is 72.7 cm³/mol. The molecular weight excluding hydrogens is 264 g/mol. The van der Waals surface area contributed by atoms with E-state index in [1.807, 2.05) is 20.2 Å². The lowest BCUT2D eigenvalue weighted by Gasteiger charge is -2.06. The molecule has 0 aliphatic carbocycles. The molecule has 1 aromatic heterocycles. The van der Waals surface area contributed by atoms with Gasteiger partial charge in [0.1, 0.15) is 5.75 Å². The van der Waals surface area contributed by atoms with Gasteiger partial charge in [-0.2, -0.15) is 13.9 Å². The highest BCUT2D eigenvalue weighted by molar-refractivity contribution is 5.63. The Kier molecular flexibility index (Phi) is 4.68. The lowest BCUT2D eigenvalue weighted by atomic mass is 10.1. The number of nitrogens with one attached hydrogen (secondary N) is 1. The average Bonchev–Trinajstić information content (AvgIpc) is 2.78. The molecule has 0 aliphatic rings. The normalized spacial score (nSPS) is 11.1. The quantitative estimate of drug-likeness (QED) is 0.885. The number of benzene rings is 1. The molecule has 0 radical (unpaired) electrons. The molecular formula is C14H17F2N3O. The summed E-state index contributed by atoms with van der Waals surface area (Å²) >= 11 is 0. The van der Waals surface area contributed by atoms with Gasteiger partial charge in [0.15, 0.2) is 0 Å². The van der Waals surface area contributed by atoms with E-state index in [0.717, 1.165) is 29.9 Å². The summed E-state index contributed by atoms with van der Waals surface area (Å²) < 4.78 is 30.3. The molecule has 4 nitrogen and oxygen atoms in total. The summed E-state index contributed by atoms with van der Waals surface area (Å²) in [6.07, 6.45) is 1.95. The number of hydrogen-bond acceptors (Lipinski definition) is 3. The number of nitrogens with zero attached hydrogens (tertiary/aromatic N) is 2. The van der Waals surface area contributed by atoms with Crippen LogP contribution in [0.25, 0.3) is 11.3 Å². The van der Waals surface area contributed by atoms with Crippen LogP contribution in [0.1, 0.15) is 12.5 Å². The number of hydrogen-bond donors (Lipinski definition) is 1. The third-order valence-corrected chi connectivity index (χ3v) is 2.82. The van der Waals surface area contributed by atoms with Crippen LogP contribution in [0.15, 0.2) is 30.5 Å². The fourth-order valence-corrected chi connectivity index (χ4v) is 1.96. The van der Waals surface area contributed by atoms with E-state index < -0.39 is 6.61 Å². The van der Waals surface area contributed by atoms with Crippen molar-refractivity contribution in [3.8, 4) is 17.0 Å². The largest absolute Gasteiger partial charge is 0.435 e. The van der Waals surface area contributed by atoms with Crippen molar-refractivity contribution < 1.29 is 13.5 Å². The molecule has 0 saturated heterocycles. The molecule has 0 spiro atoms. The Balaban J connectivity index is 2.22. The molecule has 1 aromatic carbocycles. The first-order chi connectivity index (χ1) is 9.60. The maximum atomic E-state index is 12.1. The summed E-state index contributed by atoms with van der Waals surface area (Å²) in [6.45, 7) is 0.816. The second kappa shape index (κ2) is 6.47. The van der Waals surface area contributed by atoms with Gasteiger partial charge in [0.25, 0.3) is 0 Å². The first-order valence-corrected chi connectivity index (χ1v) is 6.38. The minimum absolute atomic E-state index is 0.146. The average molecular weight is 281 g/mol. The van der Waals surface area contributed by atoms with Gasteiger partial charge >= 0.3 is 6.61 Å².